The van der Waals surface area contributed by atoms with E-state index in [0.29, 0.717) is 22.2 Å². The number of hydrogen-bond donors (Lipinski definition) is 2. The Morgan fingerprint density at radius 1 is 1.07 bits per heavy atom. The molecule has 1 saturated heterocycles. The van der Waals surface area contributed by atoms with Crippen molar-refractivity contribution >= 4 is 33.9 Å². The van der Waals surface area contributed by atoms with Gasteiger partial charge in [-0.1, -0.05) is 18.9 Å². The zero-order valence-electron chi connectivity index (χ0n) is 15.5. The standard InChI is InChI=1S/C21H22N4O3/c26-21(19-14-22-20-9-8-17(25(27)28)13-18(19)20)23-15-6-5-7-16(12-15)24-10-3-1-2-4-11-24/h5-9,12-14,22H,1-4,10-11H2,(H,23,26). The molecular weight excluding hydrogens is 356 g/mol. The van der Waals surface area contributed by atoms with Crippen LogP contribution in [-0.4, -0.2) is 28.9 Å². The number of amides is 1. The second kappa shape index (κ2) is 7.72. The number of fused-ring (bicyclic) bond motifs is 1. The van der Waals surface area contributed by atoms with Crippen LogP contribution in [0.4, 0.5) is 17.1 Å². The molecule has 7 heteroatoms. The maximum atomic E-state index is 12.8. The second-order valence-electron chi connectivity index (χ2n) is 7.10. The molecule has 2 heterocycles. The van der Waals surface area contributed by atoms with Crippen LogP contribution in [0.15, 0.2) is 48.7 Å². The molecule has 1 fully saturated rings. The highest BCUT2D eigenvalue weighted by molar-refractivity contribution is 6.13. The van der Waals surface area contributed by atoms with E-state index < -0.39 is 4.92 Å². The third-order valence-corrected chi connectivity index (χ3v) is 5.20. The minimum atomic E-state index is -0.460. The molecule has 7 nitrogen and oxygen atoms in total. The van der Waals surface area contributed by atoms with E-state index in [1.165, 1.54) is 37.8 Å². The Kier molecular flexibility index (Phi) is 4.97. The third kappa shape index (κ3) is 3.69. The minimum Gasteiger partial charge on any atom is -0.371 e. The SMILES string of the molecule is O=C(Nc1cccc(N2CCCCCC2)c1)c1c[nH]c2ccc([N+](=O)[O-])cc12. The van der Waals surface area contributed by atoms with E-state index in [0.717, 1.165) is 18.8 Å². The number of aromatic nitrogens is 1. The van der Waals surface area contributed by atoms with Crippen molar-refractivity contribution in [3.8, 4) is 0 Å². The van der Waals surface area contributed by atoms with Crippen LogP contribution in [0.1, 0.15) is 36.0 Å². The van der Waals surface area contributed by atoms with E-state index >= 15 is 0 Å². The second-order valence-corrected chi connectivity index (χ2v) is 7.10. The third-order valence-electron chi connectivity index (χ3n) is 5.20. The summed E-state index contributed by atoms with van der Waals surface area (Å²) in [5.74, 6) is -0.292. The molecule has 2 N–H and O–H groups in total. The number of anilines is 2. The van der Waals surface area contributed by atoms with Crippen molar-refractivity contribution in [1.29, 1.82) is 0 Å². The van der Waals surface area contributed by atoms with Gasteiger partial charge in [0.05, 0.1) is 10.5 Å². The van der Waals surface area contributed by atoms with E-state index in [1.54, 1.807) is 12.3 Å². The molecule has 0 radical (unpaired) electrons. The maximum Gasteiger partial charge on any atom is 0.270 e. The van der Waals surface area contributed by atoms with E-state index in [2.05, 4.69) is 21.3 Å². The number of benzene rings is 2. The molecule has 28 heavy (non-hydrogen) atoms. The van der Waals surface area contributed by atoms with Crippen molar-refractivity contribution in [1.82, 2.24) is 4.98 Å². The highest BCUT2D eigenvalue weighted by atomic mass is 16.6. The van der Waals surface area contributed by atoms with Gasteiger partial charge in [0.25, 0.3) is 11.6 Å². The van der Waals surface area contributed by atoms with E-state index in [9.17, 15) is 14.9 Å². The fourth-order valence-corrected chi connectivity index (χ4v) is 3.72. The van der Waals surface area contributed by atoms with Crippen molar-refractivity contribution in [3.63, 3.8) is 0 Å². The highest BCUT2D eigenvalue weighted by Crippen LogP contribution is 2.26. The molecule has 0 unspecified atom stereocenters. The Morgan fingerprint density at radius 3 is 2.61 bits per heavy atom. The molecule has 3 aromatic rings. The number of carbonyl (C=O) groups is 1. The average molecular weight is 378 g/mol. The molecule has 1 aromatic heterocycles. The van der Waals surface area contributed by atoms with Crippen LogP contribution in [0.2, 0.25) is 0 Å². The van der Waals surface area contributed by atoms with E-state index in [4.69, 9.17) is 0 Å². The molecular formula is C21H22N4O3. The molecule has 0 spiro atoms. The normalized spacial score (nSPS) is 14.6. The van der Waals surface area contributed by atoms with E-state index in [-0.39, 0.29) is 11.6 Å². The van der Waals surface area contributed by atoms with Gasteiger partial charge in [-0.2, -0.15) is 0 Å². The monoisotopic (exact) mass is 378 g/mol. The van der Waals surface area contributed by atoms with Gasteiger partial charge in [0.1, 0.15) is 0 Å². The first-order valence-corrected chi connectivity index (χ1v) is 9.54. The first-order chi connectivity index (χ1) is 13.6. The van der Waals surface area contributed by atoms with Crippen LogP contribution < -0.4 is 10.2 Å². The topological polar surface area (TPSA) is 91.3 Å². The lowest BCUT2D eigenvalue weighted by atomic mass is 10.1. The molecule has 4 rings (SSSR count). The predicted molar refractivity (Wildman–Crippen MR) is 110 cm³/mol. The molecule has 0 bridgehead atoms. The van der Waals surface area contributed by atoms with Gasteiger partial charge in [-0.05, 0) is 37.1 Å². The molecule has 2 aromatic carbocycles. The number of H-pyrrole nitrogens is 1. The van der Waals surface area contributed by atoms with Crippen molar-refractivity contribution in [2.24, 2.45) is 0 Å². The van der Waals surface area contributed by atoms with Gasteiger partial charge in [-0.15, -0.1) is 0 Å². The van der Waals surface area contributed by atoms with Gasteiger partial charge in [0, 0.05) is 53.7 Å². The Morgan fingerprint density at radius 2 is 1.86 bits per heavy atom. The zero-order chi connectivity index (χ0) is 19.5. The summed E-state index contributed by atoms with van der Waals surface area (Å²) in [6.07, 6.45) is 6.48. The van der Waals surface area contributed by atoms with Crippen LogP contribution >= 0.6 is 0 Å². The Bertz CT molecular complexity index is 1020. The van der Waals surface area contributed by atoms with Crippen LogP contribution in [0.5, 0.6) is 0 Å². The summed E-state index contributed by atoms with van der Waals surface area (Å²) < 4.78 is 0. The zero-order valence-corrected chi connectivity index (χ0v) is 15.5. The Hall–Kier alpha value is -3.35. The number of carbonyl (C=O) groups excluding carboxylic acids is 1. The quantitative estimate of drug-likeness (QED) is 0.508. The molecule has 1 aliphatic heterocycles. The summed E-state index contributed by atoms with van der Waals surface area (Å²) in [6, 6.07) is 12.3. The Labute approximate surface area is 162 Å². The van der Waals surface area contributed by atoms with Crippen LogP contribution in [0.25, 0.3) is 10.9 Å². The highest BCUT2D eigenvalue weighted by Gasteiger charge is 2.16. The van der Waals surface area contributed by atoms with Gasteiger partial charge >= 0.3 is 0 Å². The van der Waals surface area contributed by atoms with Crippen molar-refractivity contribution in [2.45, 2.75) is 25.7 Å². The number of rotatable bonds is 4. The first kappa shape index (κ1) is 18.0. The lowest BCUT2D eigenvalue weighted by molar-refractivity contribution is -0.384. The summed E-state index contributed by atoms with van der Waals surface area (Å²) in [5.41, 5.74) is 2.86. The average Bonchev–Trinajstić information content (AvgIpc) is 2.93. The fourth-order valence-electron chi connectivity index (χ4n) is 3.72. The van der Waals surface area contributed by atoms with Crippen LogP contribution in [0, 0.1) is 10.1 Å². The Balaban J connectivity index is 1.57. The van der Waals surface area contributed by atoms with Crippen LogP contribution in [0.3, 0.4) is 0 Å². The molecule has 0 aliphatic carbocycles. The molecule has 1 amide bonds. The number of nitro groups is 1. The number of nitro benzene ring substituents is 1. The summed E-state index contributed by atoms with van der Waals surface area (Å²) in [5, 5.41) is 14.5. The summed E-state index contributed by atoms with van der Waals surface area (Å²) >= 11 is 0. The van der Waals surface area contributed by atoms with Gasteiger partial charge in [0.15, 0.2) is 0 Å². The molecule has 1 aliphatic rings. The molecule has 0 saturated carbocycles. The van der Waals surface area contributed by atoms with Crippen molar-refractivity contribution in [3.05, 3.63) is 64.3 Å². The molecule has 0 atom stereocenters. The van der Waals surface area contributed by atoms with Gasteiger partial charge in [0.2, 0.25) is 0 Å². The number of nitrogens with zero attached hydrogens (tertiary/aromatic N) is 2. The first-order valence-electron chi connectivity index (χ1n) is 9.54. The predicted octanol–water partition coefficient (Wildman–Crippen LogP) is 4.71. The minimum absolute atomic E-state index is 0.0377. The summed E-state index contributed by atoms with van der Waals surface area (Å²) in [4.78, 5) is 28.7. The van der Waals surface area contributed by atoms with Crippen LogP contribution in [-0.2, 0) is 0 Å². The number of non-ortho nitro benzene ring substituents is 1. The largest absolute Gasteiger partial charge is 0.371 e. The van der Waals surface area contributed by atoms with Gasteiger partial charge < -0.3 is 15.2 Å². The number of aromatic amines is 1. The van der Waals surface area contributed by atoms with E-state index in [1.807, 2.05) is 18.2 Å². The number of hydrogen-bond acceptors (Lipinski definition) is 4. The fraction of sp³-hybridized carbons (Fsp3) is 0.286. The van der Waals surface area contributed by atoms with Gasteiger partial charge in [-0.3, -0.25) is 14.9 Å². The maximum absolute atomic E-state index is 12.8. The smallest absolute Gasteiger partial charge is 0.270 e. The van der Waals surface area contributed by atoms with Gasteiger partial charge in [-0.25, -0.2) is 0 Å². The lowest BCUT2D eigenvalue weighted by Gasteiger charge is -2.23. The number of nitrogens with one attached hydrogen (secondary N) is 2. The lowest BCUT2D eigenvalue weighted by Crippen LogP contribution is -2.24. The summed E-state index contributed by atoms with van der Waals surface area (Å²) in [7, 11) is 0. The van der Waals surface area contributed by atoms with Crippen molar-refractivity contribution in [2.75, 3.05) is 23.3 Å². The summed E-state index contributed by atoms with van der Waals surface area (Å²) in [6.45, 7) is 2.06. The molecule has 144 valence electrons. The van der Waals surface area contributed by atoms with Crippen molar-refractivity contribution < 1.29 is 9.72 Å².